The highest BCUT2D eigenvalue weighted by molar-refractivity contribution is 5.61. The molecular weight excluding hydrogens is 378 g/mol. The molecule has 0 radical (unpaired) electrons. The number of hydrogen-bond donors (Lipinski definition) is 2. The third-order valence-corrected chi connectivity index (χ3v) is 9.81. The summed E-state index contributed by atoms with van der Waals surface area (Å²) in [6.07, 6.45) is 2.35. The van der Waals surface area contributed by atoms with E-state index in [2.05, 4.69) is 45.7 Å². The van der Waals surface area contributed by atoms with Gasteiger partial charge < -0.3 is 24.6 Å². The van der Waals surface area contributed by atoms with Crippen molar-refractivity contribution in [3.8, 4) is 11.5 Å². The van der Waals surface area contributed by atoms with Gasteiger partial charge in [-0.05, 0) is 62.7 Å². The van der Waals surface area contributed by atoms with Gasteiger partial charge in [-0.25, -0.2) is 0 Å². The van der Waals surface area contributed by atoms with Crippen LogP contribution in [-0.2, 0) is 16.6 Å². The quantitative estimate of drug-likeness (QED) is 0.774. The molecule has 1 saturated carbocycles. The largest absolute Gasteiger partial charge is 0.504 e. The van der Waals surface area contributed by atoms with E-state index in [1.807, 2.05) is 6.92 Å². The van der Waals surface area contributed by atoms with Crippen molar-refractivity contribution in [3.63, 3.8) is 0 Å². The molecule has 1 aromatic carbocycles. The first-order valence-electron chi connectivity index (χ1n) is 11.4. The summed E-state index contributed by atoms with van der Waals surface area (Å²) in [5, 5.41) is 22.7. The predicted octanol–water partition coefficient (Wildman–Crippen LogP) is 3.49. The first-order chi connectivity index (χ1) is 13.9. The minimum Gasteiger partial charge on any atom is -0.504 e. The number of likely N-dealkylation sites (N-methyl/N-ethyl adjacent to an activating group) is 1. The van der Waals surface area contributed by atoms with Crippen LogP contribution in [0.5, 0.6) is 11.5 Å². The summed E-state index contributed by atoms with van der Waals surface area (Å²) in [4.78, 5) is 2.50. The maximum Gasteiger partial charge on any atom is 0.165 e. The molecule has 166 valence electrons. The van der Waals surface area contributed by atoms with Crippen LogP contribution in [0.25, 0.3) is 0 Å². The molecule has 7 atom stereocenters. The molecule has 5 rings (SSSR count). The van der Waals surface area contributed by atoms with E-state index in [1.165, 1.54) is 11.1 Å². The molecule has 4 aliphatic rings. The number of aliphatic hydroxyl groups is 1. The van der Waals surface area contributed by atoms with Gasteiger partial charge in [0.25, 0.3) is 0 Å². The van der Waals surface area contributed by atoms with E-state index in [0.29, 0.717) is 17.7 Å². The lowest BCUT2D eigenvalue weighted by atomic mass is 9.43. The van der Waals surface area contributed by atoms with Gasteiger partial charge in [0, 0.05) is 29.5 Å². The molecule has 2 N–H and O–H groups in total. The molecule has 5 unspecified atom stereocenters. The molecule has 2 aliphatic carbocycles. The summed E-state index contributed by atoms with van der Waals surface area (Å²) in [7, 11) is 3.98. The third kappa shape index (κ3) is 2.14. The van der Waals surface area contributed by atoms with E-state index in [-0.39, 0.29) is 28.8 Å². The number of aromatic hydroxyl groups is 1. The molecule has 0 aromatic heterocycles. The van der Waals surface area contributed by atoms with Crippen LogP contribution in [0.4, 0.5) is 0 Å². The lowest BCUT2D eigenvalue weighted by Crippen LogP contribution is -2.74. The molecule has 2 heterocycles. The van der Waals surface area contributed by atoms with Crippen molar-refractivity contribution in [1.29, 1.82) is 0 Å². The van der Waals surface area contributed by atoms with E-state index in [4.69, 9.17) is 9.47 Å². The number of phenols is 1. The maximum atomic E-state index is 12.0. The second-order valence-corrected chi connectivity index (χ2v) is 11.7. The van der Waals surface area contributed by atoms with Gasteiger partial charge in [0.15, 0.2) is 11.5 Å². The van der Waals surface area contributed by atoms with Gasteiger partial charge in [-0.2, -0.15) is 0 Å². The summed E-state index contributed by atoms with van der Waals surface area (Å²) < 4.78 is 12.9. The number of methoxy groups -OCH3 is 1. The molecule has 30 heavy (non-hydrogen) atoms. The molecule has 1 spiro atoms. The van der Waals surface area contributed by atoms with Gasteiger partial charge in [-0.1, -0.05) is 33.8 Å². The zero-order valence-electron chi connectivity index (χ0n) is 19.5. The number of piperidine rings is 1. The highest BCUT2D eigenvalue weighted by Crippen LogP contribution is 2.68. The predicted molar refractivity (Wildman–Crippen MR) is 116 cm³/mol. The topological polar surface area (TPSA) is 62.2 Å². The fraction of sp³-hybridized carbons (Fsp3) is 0.760. The molecule has 5 heteroatoms. The average molecular weight is 416 g/mol. The van der Waals surface area contributed by atoms with Crippen molar-refractivity contribution in [2.24, 2.45) is 16.7 Å². The fourth-order valence-electron chi connectivity index (χ4n) is 7.61. The zero-order chi connectivity index (χ0) is 21.9. The number of phenolic OH excluding ortho intramolecular Hbond substituents is 1. The van der Waals surface area contributed by atoms with Gasteiger partial charge in [0.1, 0.15) is 12.2 Å². The Bertz CT molecular complexity index is 890. The van der Waals surface area contributed by atoms with Crippen LogP contribution in [0.15, 0.2) is 12.1 Å². The number of nitrogens with zero attached hydrogens (tertiary/aromatic N) is 1. The molecule has 1 saturated heterocycles. The first kappa shape index (κ1) is 20.6. The number of ether oxygens (including phenoxy) is 2. The molecule has 0 amide bonds. The molecule has 2 bridgehead atoms. The molecule has 1 aromatic rings. The van der Waals surface area contributed by atoms with Crippen molar-refractivity contribution in [2.75, 3.05) is 20.7 Å². The summed E-state index contributed by atoms with van der Waals surface area (Å²) in [5.74, 6) is 1.24. The van der Waals surface area contributed by atoms with Crippen LogP contribution < -0.4 is 4.74 Å². The van der Waals surface area contributed by atoms with E-state index in [1.54, 1.807) is 13.2 Å². The second kappa shape index (κ2) is 5.93. The minimum atomic E-state index is -0.963. The summed E-state index contributed by atoms with van der Waals surface area (Å²) >= 11 is 0. The minimum absolute atomic E-state index is 0.160. The molecular formula is C25H37NO4. The van der Waals surface area contributed by atoms with Gasteiger partial charge in [0.05, 0.1) is 5.60 Å². The Morgan fingerprint density at radius 3 is 2.57 bits per heavy atom. The summed E-state index contributed by atoms with van der Waals surface area (Å²) in [5.41, 5.74) is 0.588. The van der Waals surface area contributed by atoms with Crippen molar-refractivity contribution >= 4 is 0 Å². The van der Waals surface area contributed by atoms with E-state index < -0.39 is 11.0 Å². The van der Waals surface area contributed by atoms with Crippen molar-refractivity contribution in [1.82, 2.24) is 4.90 Å². The fourth-order valence-corrected chi connectivity index (χ4v) is 7.61. The highest BCUT2D eigenvalue weighted by Gasteiger charge is 2.73. The molecule has 5 nitrogen and oxygen atoms in total. The second-order valence-electron chi connectivity index (χ2n) is 11.7. The van der Waals surface area contributed by atoms with Crippen molar-refractivity contribution < 1.29 is 19.7 Å². The van der Waals surface area contributed by atoms with E-state index in [9.17, 15) is 10.2 Å². The summed E-state index contributed by atoms with van der Waals surface area (Å²) in [6, 6.07) is 4.27. The van der Waals surface area contributed by atoms with Gasteiger partial charge in [-0.15, -0.1) is 0 Å². The van der Waals surface area contributed by atoms with Gasteiger partial charge in [-0.3, -0.25) is 0 Å². The van der Waals surface area contributed by atoms with Crippen LogP contribution in [0, 0.1) is 16.7 Å². The number of hydrogen-bond acceptors (Lipinski definition) is 5. The maximum absolute atomic E-state index is 12.0. The molecule has 2 aliphatic heterocycles. The standard InChI is InChI=1S/C25H37NO4/c1-22(2,3)24(5,28)23(4)13-15-16-12-14-8-9-17(27)19-18(14)25(15,10-11-26(16)6)21(30-19)20(23)29-7/h8-9,15-16,20-21,27-28H,10-13H2,1-7H3/t15?,16?,20-,21-,23?,24?,25?/m0/s1. The normalized spacial score (nSPS) is 41.7. The Hall–Kier alpha value is -1.30. The number of benzene rings is 1. The smallest absolute Gasteiger partial charge is 0.165 e. The first-order valence-corrected chi connectivity index (χ1v) is 11.4. The SMILES string of the molecule is CO[C@H]1[C@@H]2Oc3c(O)ccc4c3C23CCN(C)C(C4)C3CC1(C)C(C)(O)C(C)(C)C. The van der Waals surface area contributed by atoms with Crippen molar-refractivity contribution in [2.45, 2.75) is 83.1 Å². The Labute approximate surface area is 180 Å². The third-order valence-electron chi connectivity index (χ3n) is 9.81. The van der Waals surface area contributed by atoms with Crippen LogP contribution in [0.2, 0.25) is 0 Å². The monoisotopic (exact) mass is 415 g/mol. The van der Waals surface area contributed by atoms with Crippen molar-refractivity contribution in [3.05, 3.63) is 23.3 Å². The van der Waals surface area contributed by atoms with Gasteiger partial charge >= 0.3 is 0 Å². The van der Waals surface area contributed by atoms with E-state index in [0.717, 1.165) is 25.8 Å². The Balaban J connectivity index is 1.75. The average Bonchev–Trinajstić information content (AvgIpc) is 3.00. The zero-order valence-corrected chi connectivity index (χ0v) is 19.5. The van der Waals surface area contributed by atoms with E-state index >= 15 is 0 Å². The Kier molecular flexibility index (Phi) is 4.07. The van der Waals surface area contributed by atoms with Crippen LogP contribution >= 0.6 is 0 Å². The lowest BCUT2D eigenvalue weighted by molar-refractivity contribution is -0.251. The Morgan fingerprint density at radius 2 is 1.93 bits per heavy atom. The van der Waals surface area contributed by atoms with Crippen LogP contribution in [0.3, 0.4) is 0 Å². The lowest BCUT2D eigenvalue weighted by Gasteiger charge is -2.66. The van der Waals surface area contributed by atoms with Crippen LogP contribution in [-0.4, -0.2) is 59.7 Å². The molecule has 2 fully saturated rings. The number of likely N-dealkylation sites (tertiary alicyclic amines) is 1. The van der Waals surface area contributed by atoms with Gasteiger partial charge in [0.2, 0.25) is 0 Å². The summed E-state index contributed by atoms with van der Waals surface area (Å²) in [6.45, 7) is 11.5. The highest BCUT2D eigenvalue weighted by atomic mass is 16.5. The Morgan fingerprint density at radius 1 is 1.23 bits per heavy atom. The number of rotatable bonds is 2. The van der Waals surface area contributed by atoms with Crippen LogP contribution in [0.1, 0.15) is 58.6 Å².